The number of para-hydroxylation sites is 1. The molecule has 5 heteroatoms. The summed E-state index contributed by atoms with van der Waals surface area (Å²) in [4.78, 5) is 28.5. The van der Waals surface area contributed by atoms with Gasteiger partial charge in [0, 0.05) is 25.0 Å². The number of benzene rings is 1. The fourth-order valence-electron chi connectivity index (χ4n) is 2.63. The van der Waals surface area contributed by atoms with Gasteiger partial charge in [-0.1, -0.05) is 18.2 Å². The third kappa shape index (κ3) is 2.83. The third-order valence-electron chi connectivity index (χ3n) is 3.88. The molecule has 0 aliphatic carbocycles. The standard InChI is InChI=1S/C16H18N2O3/c1-17-7-4-8-18(10-9-17)15(19)13-11-12-5-2-3-6-14(12)21-16(13)20/h2-3,5-6,11H,4,7-10H2,1H3. The van der Waals surface area contributed by atoms with Crippen LogP contribution in [0.15, 0.2) is 39.5 Å². The monoisotopic (exact) mass is 286 g/mol. The summed E-state index contributed by atoms with van der Waals surface area (Å²) >= 11 is 0. The lowest BCUT2D eigenvalue weighted by Gasteiger charge is -2.20. The Hall–Kier alpha value is -2.14. The van der Waals surface area contributed by atoms with Gasteiger partial charge >= 0.3 is 5.63 Å². The Kier molecular flexibility index (Phi) is 3.75. The summed E-state index contributed by atoms with van der Waals surface area (Å²) < 4.78 is 5.24. The second-order valence-electron chi connectivity index (χ2n) is 5.43. The van der Waals surface area contributed by atoms with Gasteiger partial charge in [0.1, 0.15) is 11.1 Å². The first kappa shape index (κ1) is 13.8. The van der Waals surface area contributed by atoms with Gasteiger partial charge in [0.05, 0.1) is 0 Å². The third-order valence-corrected chi connectivity index (χ3v) is 3.88. The van der Waals surface area contributed by atoms with Crippen LogP contribution in [0, 0.1) is 0 Å². The van der Waals surface area contributed by atoms with Crippen molar-refractivity contribution in [3.8, 4) is 0 Å². The molecule has 0 unspecified atom stereocenters. The molecule has 1 saturated heterocycles. The Bertz CT molecular complexity index is 723. The fraction of sp³-hybridized carbons (Fsp3) is 0.375. The Morgan fingerprint density at radius 1 is 1.14 bits per heavy atom. The number of fused-ring (bicyclic) bond motifs is 1. The summed E-state index contributed by atoms with van der Waals surface area (Å²) in [6.45, 7) is 3.11. The molecular weight excluding hydrogens is 268 g/mol. The number of nitrogens with zero attached hydrogens (tertiary/aromatic N) is 2. The van der Waals surface area contributed by atoms with Crippen LogP contribution in [-0.4, -0.2) is 48.9 Å². The van der Waals surface area contributed by atoms with Gasteiger partial charge in [-0.05, 0) is 32.1 Å². The van der Waals surface area contributed by atoms with E-state index < -0.39 is 5.63 Å². The minimum absolute atomic E-state index is 0.123. The highest BCUT2D eigenvalue weighted by Gasteiger charge is 2.22. The highest BCUT2D eigenvalue weighted by atomic mass is 16.4. The molecule has 0 saturated carbocycles. The number of amides is 1. The van der Waals surface area contributed by atoms with Gasteiger partial charge in [0.2, 0.25) is 0 Å². The van der Waals surface area contributed by atoms with Gasteiger partial charge in [0.25, 0.3) is 5.91 Å². The zero-order chi connectivity index (χ0) is 14.8. The summed E-state index contributed by atoms with van der Waals surface area (Å²) in [5.74, 6) is -0.232. The van der Waals surface area contributed by atoms with Crippen molar-refractivity contribution >= 4 is 16.9 Å². The van der Waals surface area contributed by atoms with Crippen molar-refractivity contribution < 1.29 is 9.21 Å². The Morgan fingerprint density at radius 3 is 2.81 bits per heavy atom. The molecule has 2 heterocycles. The number of carbonyl (C=O) groups excluding carboxylic acids is 1. The first-order valence-electron chi connectivity index (χ1n) is 7.16. The van der Waals surface area contributed by atoms with E-state index in [1.54, 1.807) is 23.1 Å². The van der Waals surface area contributed by atoms with E-state index in [1.165, 1.54) is 0 Å². The van der Waals surface area contributed by atoms with Crippen LogP contribution in [0.4, 0.5) is 0 Å². The molecule has 3 rings (SSSR count). The van der Waals surface area contributed by atoms with Gasteiger partial charge < -0.3 is 14.2 Å². The van der Waals surface area contributed by atoms with Gasteiger partial charge in [0.15, 0.2) is 0 Å². The molecule has 0 N–H and O–H groups in total. The molecule has 2 aromatic rings. The van der Waals surface area contributed by atoms with Gasteiger partial charge in [-0.3, -0.25) is 4.79 Å². The topological polar surface area (TPSA) is 53.8 Å². The molecule has 1 fully saturated rings. The van der Waals surface area contributed by atoms with Crippen LogP contribution in [0.5, 0.6) is 0 Å². The van der Waals surface area contributed by atoms with Crippen molar-refractivity contribution in [2.45, 2.75) is 6.42 Å². The summed E-state index contributed by atoms with van der Waals surface area (Å²) in [5, 5.41) is 0.771. The molecule has 1 aliphatic rings. The summed E-state index contributed by atoms with van der Waals surface area (Å²) in [5.41, 5.74) is 0.0733. The largest absolute Gasteiger partial charge is 0.422 e. The number of hydrogen-bond donors (Lipinski definition) is 0. The second-order valence-corrected chi connectivity index (χ2v) is 5.43. The molecule has 21 heavy (non-hydrogen) atoms. The maximum absolute atomic E-state index is 12.6. The maximum Gasteiger partial charge on any atom is 0.349 e. The molecule has 1 aromatic heterocycles. The molecule has 0 radical (unpaired) electrons. The van der Waals surface area contributed by atoms with E-state index in [-0.39, 0.29) is 11.5 Å². The summed E-state index contributed by atoms with van der Waals surface area (Å²) in [7, 11) is 2.04. The number of hydrogen-bond acceptors (Lipinski definition) is 4. The average Bonchev–Trinajstić information content (AvgIpc) is 2.70. The van der Waals surface area contributed by atoms with Crippen molar-refractivity contribution in [1.82, 2.24) is 9.80 Å². The van der Waals surface area contributed by atoms with Gasteiger partial charge in [-0.15, -0.1) is 0 Å². The lowest BCUT2D eigenvalue weighted by molar-refractivity contribution is 0.0759. The summed E-state index contributed by atoms with van der Waals surface area (Å²) in [6, 6.07) is 8.87. The summed E-state index contributed by atoms with van der Waals surface area (Å²) in [6.07, 6.45) is 0.918. The van der Waals surface area contributed by atoms with E-state index in [0.29, 0.717) is 18.7 Å². The molecular formula is C16H18N2O3. The first-order valence-corrected chi connectivity index (χ1v) is 7.16. The van der Waals surface area contributed by atoms with Crippen LogP contribution in [0.2, 0.25) is 0 Å². The average molecular weight is 286 g/mol. The number of carbonyl (C=O) groups is 1. The van der Waals surface area contributed by atoms with Crippen molar-refractivity contribution in [1.29, 1.82) is 0 Å². The Labute approximate surface area is 122 Å². The highest BCUT2D eigenvalue weighted by Crippen LogP contribution is 2.14. The maximum atomic E-state index is 12.6. The molecule has 0 atom stereocenters. The van der Waals surface area contributed by atoms with E-state index in [0.717, 1.165) is 24.9 Å². The lowest BCUT2D eigenvalue weighted by Crippen LogP contribution is -2.36. The van der Waals surface area contributed by atoms with E-state index in [2.05, 4.69) is 4.90 Å². The predicted octanol–water partition coefficient (Wildman–Crippen LogP) is 1.57. The Morgan fingerprint density at radius 2 is 1.95 bits per heavy atom. The highest BCUT2D eigenvalue weighted by molar-refractivity contribution is 5.96. The van der Waals surface area contributed by atoms with E-state index >= 15 is 0 Å². The zero-order valence-electron chi connectivity index (χ0n) is 12.0. The second kappa shape index (κ2) is 5.69. The molecule has 1 aliphatic heterocycles. The van der Waals surface area contributed by atoms with Crippen molar-refractivity contribution in [2.24, 2.45) is 0 Å². The normalized spacial score (nSPS) is 16.9. The SMILES string of the molecule is CN1CCCN(C(=O)c2cc3ccccc3oc2=O)CC1. The smallest absolute Gasteiger partial charge is 0.349 e. The molecule has 0 spiro atoms. The number of rotatable bonds is 1. The first-order chi connectivity index (χ1) is 10.1. The molecule has 5 nitrogen and oxygen atoms in total. The van der Waals surface area contributed by atoms with Crippen LogP contribution < -0.4 is 5.63 Å². The lowest BCUT2D eigenvalue weighted by atomic mass is 10.1. The van der Waals surface area contributed by atoms with Crippen LogP contribution >= 0.6 is 0 Å². The van der Waals surface area contributed by atoms with E-state index in [1.807, 2.05) is 19.2 Å². The molecule has 1 aromatic carbocycles. The van der Waals surface area contributed by atoms with Crippen LogP contribution in [0.25, 0.3) is 11.0 Å². The Balaban J connectivity index is 1.93. The van der Waals surface area contributed by atoms with Crippen molar-refractivity contribution in [2.75, 3.05) is 33.2 Å². The van der Waals surface area contributed by atoms with Crippen LogP contribution in [-0.2, 0) is 0 Å². The minimum Gasteiger partial charge on any atom is -0.422 e. The van der Waals surface area contributed by atoms with Crippen LogP contribution in [0.3, 0.4) is 0 Å². The predicted molar refractivity (Wildman–Crippen MR) is 80.5 cm³/mol. The fourth-order valence-corrected chi connectivity index (χ4v) is 2.63. The molecule has 1 amide bonds. The molecule has 0 bridgehead atoms. The molecule has 110 valence electrons. The quantitative estimate of drug-likeness (QED) is 0.747. The number of likely N-dealkylation sites (N-methyl/N-ethyl adjacent to an activating group) is 1. The van der Waals surface area contributed by atoms with Crippen molar-refractivity contribution in [3.63, 3.8) is 0 Å². The van der Waals surface area contributed by atoms with E-state index in [9.17, 15) is 9.59 Å². The van der Waals surface area contributed by atoms with Crippen molar-refractivity contribution in [3.05, 3.63) is 46.3 Å². The zero-order valence-corrected chi connectivity index (χ0v) is 12.0. The van der Waals surface area contributed by atoms with Gasteiger partial charge in [-0.2, -0.15) is 0 Å². The van der Waals surface area contributed by atoms with Gasteiger partial charge in [-0.25, -0.2) is 4.79 Å². The van der Waals surface area contributed by atoms with E-state index in [4.69, 9.17) is 4.42 Å². The minimum atomic E-state index is -0.559. The van der Waals surface area contributed by atoms with Crippen LogP contribution in [0.1, 0.15) is 16.8 Å².